The van der Waals surface area contributed by atoms with Gasteiger partial charge in [0.2, 0.25) is 5.91 Å². The summed E-state index contributed by atoms with van der Waals surface area (Å²) in [5.74, 6) is 2.14. The maximum absolute atomic E-state index is 12.9. The Bertz CT molecular complexity index is 1070. The number of fused-ring (bicyclic) bond motifs is 1. The molecule has 7 nitrogen and oxygen atoms in total. The van der Waals surface area contributed by atoms with Crippen LogP contribution in [-0.4, -0.2) is 59.3 Å². The van der Waals surface area contributed by atoms with Gasteiger partial charge < -0.3 is 14.4 Å². The lowest BCUT2D eigenvalue weighted by molar-refractivity contribution is -0.131. The highest BCUT2D eigenvalue weighted by Crippen LogP contribution is 2.28. The van der Waals surface area contributed by atoms with Crippen LogP contribution in [0.2, 0.25) is 0 Å². The van der Waals surface area contributed by atoms with E-state index in [4.69, 9.17) is 9.47 Å². The molecule has 0 saturated carbocycles. The molecule has 2 aliphatic heterocycles. The SMILES string of the molecule is COc1ccc(OCCc2cc([C@H]3CCN(C(=O)CN4Cc5ccccc5C4)C3)n[nH]2)cc1. The maximum atomic E-state index is 12.9. The van der Waals surface area contributed by atoms with E-state index in [-0.39, 0.29) is 11.8 Å². The van der Waals surface area contributed by atoms with Crippen LogP contribution in [0.4, 0.5) is 0 Å². The maximum Gasteiger partial charge on any atom is 0.236 e. The fourth-order valence-electron chi connectivity index (χ4n) is 4.70. The molecule has 1 amide bonds. The molecule has 0 aliphatic carbocycles. The number of hydrogen-bond donors (Lipinski definition) is 1. The van der Waals surface area contributed by atoms with E-state index in [2.05, 4.69) is 45.4 Å². The molecule has 0 unspecified atom stereocenters. The van der Waals surface area contributed by atoms with Crippen LogP contribution in [0.3, 0.4) is 0 Å². The predicted octanol–water partition coefficient (Wildman–Crippen LogP) is 3.37. The van der Waals surface area contributed by atoms with Gasteiger partial charge in [-0.05, 0) is 47.9 Å². The Morgan fingerprint density at radius 2 is 1.82 bits per heavy atom. The summed E-state index contributed by atoms with van der Waals surface area (Å²) in [5.41, 5.74) is 4.77. The lowest BCUT2D eigenvalue weighted by Crippen LogP contribution is -2.37. The number of hydrogen-bond acceptors (Lipinski definition) is 5. The number of H-pyrrole nitrogens is 1. The van der Waals surface area contributed by atoms with Crippen LogP contribution in [0.1, 0.15) is 34.9 Å². The summed E-state index contributed by atoms with van der Waals surface area (Å²) in [6, 6.07) is 18.2. The Kier molecular flexibility index (Phi) is 6.30. The second kappa shape index (κ2) is 9.67. The third kappa shape index (κ3) is 5.03. The van der Waals surface area contributed by atoms with Crippen molar-refractivity contribution in [2.45, 2.75) is 31.8 Å². The van der Waals surface area contributed by atoms with Gasteiger partial charge in [-0.15, -0.1) is 0 Å². The molecule has 2 aromatic carbocycles. The molecular formula is C26H30N4O3. The Balaban J connectivity index is 1.08. The number of carbonyl (C=O) groups is 1. The van der Waals surface area contributed by atoms with Gasteiger partial charge in [0.1, 0.15) is 11.5 Å². The van der Waals surface area contributed by atoms with Gasteiger partial charge in [0.25, 0.3) is 0 Å². The van der Waals surface area contributed by atoms with E-state index in [1.54, 1.807) is 7.11 Å². The zero-order chi connectivity index (χ0) is 22.6. The molecule has 1 saturated heterocycles. The number of aromatic nitrogens is 2. The van der Waals surface area contributed by atoms with Gasteiger partial charge in [-0.2, -0.15) is 5.10 Å². The van der Waals surface area contributed by atoms with Crippen LogP contribution in [-0.2, 0) is 24.3 Å². The lowest BCUT2D eigenvalue weighted by Gasteiger charge is -2.20. The number of nitrogens with zero attached hydrogens (tertiary/aromatic N) is 3. The molecule has 5 rings (SSSR count). The summed E-state index contributed by atoms with van der Waals surface area (Å²) < 4.78 is 11.0. The lowest BCUT2D eigenvalue weighted by atomic mass is 10.0. The number of ether oxygens (including phenoxy) is 2. The quantitative estimate of drug-likeness (QED) is 0.575. The van der Waals surface area contributed by atoms with Crippen molar-refractivity contribution in [3.63, 3.8) is 0 Å². The van der Waals surface area contributed by atoms with Crippen molar-refractivity contribution in [1.29, 1.82) is 0 Å². The van der Waals surface area contributed by atoms with Crippen LogP contribution < -0.4 is 9.47 Å². The van der Waals surface area contributed by atoms with Gasteiger partial charge >= 0.3 is 0 Å². The summed E-state index contributed by atoms with van der Waals surface area (Å²) in [7, 11) is 1.65. The van der Waals surface area contributed by atoms with E-state index in [0.29, 0.717) is 13.2 Å². The van der Waals surface area contributed by atoms with Crippen LogP contribution in [0.15, 0.2) is 54.6 Å². The molecule has 1 N–H and O–H groups in total. The first kappa shape index (κ1) is 21.5. The Labute approximate surface area is 194 Å². The highest BCUT2D eigenvalue weighted by Gasteiger charge is 2.30. The van der Waals surface area contributed by atoms with Gasteiger partial charge in [0.05, 0.1) is 26.0 Å². The second-order valence-corrected chi connectivity index (χ2v) is 8.83. The van der Waals surface area contributed by atoms with Crippen molar-refractivity contribution in [2.75, 3.05) is 33.4 Å². The highest BCUT2D eigenvalue weighted by molar-refractivity contribution is 5.78. The largest absolute Gasteiger partial charge is 0.497 e. The van der Waals surface area contributed by atoms with Gasteiger partial charge in [-0.25, -0.2) is 0 Å². The molecule has 7 heteroatoms. The van der Waals surface area contributed by atoms with Crippen LogP contribution >= 0.6 is 0 Å². The number of amides is 1. The molecule has 0 spiro atoms. The van der Waals surface area contributed by atoms with Crippen molar-refractivity contribution in [2.24, 2.45) is 0 Å². The van der Waals surface area contributed by atoms with Crippen molar-refractivity contribution < 1.29 is 14.3 Å². The van der Waals surface area contributed by atoms with Crippen LogP contribution in [0, 0.1) is 0 Å². The van der Waals surface area contributed by atoms with E-state index < -0.39 is 0 Å². The zero-order valence-electron chi connectivity index (χ0n) is 19.0. The first-order valence-electron chi connectivity index (χ1n) is 11.6. The molecule has 1 aromatic heterocycles. The molecule has 1 fully saturated rings. The third-order valence-corrected chi connectivity index (χ3v) is 6.57. The Hall–Kier alpha value is -3.32. The minimum atomic E-state index is 0.217. The number of benzene rings is 2. The number of methoxy groups -OCH3 is 1. The summed E-state index contributed by atoms with van der Waals surface area (Å²) in [6.07, 6.45) is 1.71. The van der Waals surface area contributed by atoms with Crippen molar-refractivity contribution in [1.82, 2.24) is 20.0 Å². The minimum absolute atomic E-state index is 0.217. The number of carbonyl (C=O) groups excluding carboxylic acids is 1. The fraction of sp³-hybridized carbons (Fsp3) is 0.385. The van der Waals surface area contributed by atoms with E-state index in [1.807, 2.05) is 29.2 Å². The summed E-state index contributed by atoms with van der Waals surface area (Å²) >= 11 is 0. The smallest absolute Gasteiger partial charge is 0.236 e. The number of rotatable bonds is 8. The number of aromatic amines is 1. The van der Waals surface area contributed by atoms with Crippen molar-refractivity contribution in [3.8, 4) is 11.5 Å². The summed E-state index contributed by atoms with van der Waals surface area (Å²) in [4.78, 5) is 17.1. The van der Waals surface area contributed by atoms with Gasteiger partial charge in [0.15, 0.2) is 0 Å². The molecule has 3 heterocycles. The van der Waals surface area contributed by atoms with Gasteiger partial charge in [-0.1, -0.05) is 24.3 Å². The number of nitrogens with one attached hydrogen (secondary N) is 1. The highest BCUT2D eigenvalue weighted by atomic mass is 16.5. The average Bonchev–Trinajstić information content (AvgIpc) is 3.58. The predicted molar refractivity (Wildman–Crippen MR) is 125 cm³/mol. The van der Waals surface area contributed by atoms with Crippen LogP contribution in [0.5, 0.6) is 11.5 Å². The molecule has 33 heavy (non-hydrogen) atoms. The van der Waals surface area contributed by atoms with Crippen molar-refractivity contribution >= 4 is 5.91 Å². The topological polar surface area (TPSA) is 70.7 Å². The standard InChI is InChI=1S/C26H30N4O3/c1-32-23-6-8-24(9-7-23)33-13-11-22-14-25(28-27-22)21-10-12-30(17-21)26(31)18-29-15-19-4-2-3-5-20(19)16-29/h2-9,14,21H,10-13,15-18H2,1H3,(H,27,28)/t21-/m0/s1. The Morgan fingerprint density at radius 1 is 1.09 bits per heavy atom. The zero-order valence-corrected chi connectivity index (χ0v) is 19.0. The molecule has 1 atom stereocenters. The van der Waals surface area contributed by atoms with E-state index in [0.717, 1.165) is 61.9 Å². The molecule has 2 aliphatic rings. The summed E-state index contributed by atoms with van der Waals surface area (Å²) in [5, 5.41) is 7.66. The molecule has 3 aromatic rings. The summed E-state index contributed by atoms with van der Waals surface area (Å²) in [6.45, 7) is 4.32. The molecule has 172 valence electrons. The first-order chi connectivity index (χ1) is 16.2. The van der Waals surface area contributed by atoms with Gasteiger partial charge in [0, 0.05) is 44.2 Å². The first-order valence-corrected chi connectivity index (χ1v) is 11.6. The fourth-order valence-corrected chi connectivity index (χ4v) is 4.70. The second-order valence-electron chi connectivity index (χ2n) is 8.83. The van der Waals surface area contributed by atoms with Crippen molar-refractivity contribution in [3.05, 3.63) is 77.1 Å². The van der Waals surface area contributed by atoms with Gasteiger partial charge in [-0.3, -0.25) is 14.8 Å². The molecule has 0 radical (unpaired) electrons. The number of likely N-dealkylation sites (tertiary alicyclic amines) is 1. The average molecular weight is 447 g/mol. The molecule has 0 bridgehead atoms. The van der Waals surface area contributed by atoms with E-state index in [9.17, 15) is 4.79 Å². The minimum Gasteiger partial charge on any atom is -0.497 e. The Morgan fingerprint density at radius 3 is 2.55 bits per heavy atom. The monoisotopic (exact) mass is 446 g/mol. The normalized spacial score (nSPS) is 17.8. The van der Waals surface area contributed by atoms with E-state index >= 15 is 0 Å². The van der Waals surface area contributed by atoms with E-state index in [1.165, 1.54) is 11.1 Å². The third-order valence-electron chi connectivity index (χ3n) is 6.57. The molecular weight excluding hydrogens is 416 g/mol. The van der Waals surface area contributed by atoms with Crippen LogP contribution in [0.25, 0.3) is 0 Å².